The van der Waals surface area contributed by atoms with Gasteiger partial charge in [0.25, 0.3) is 0 Å². The molecule has 3 N–H and O–H groups in total. The van der Waals surface area contributed by atoms with Gasteiger partial charge in [0.15, 0.2) is 0 Å². The van der Waals surface area contributed by atoms with Crippen molar-refractivity contribution >= 4 is 11.6 Å². The number of nitrogens with two attached hydrogens (primary N) is 1. The molecular formula is C13H19FN2O. The predicted octanol–water partition coefficient (Wildman–Crippen LogP) is 2.45. The lowest BCUT2D eigenvalue weighted by molar-refractivity contribution is -0.118. The summed E-state index contributed by atoms with van der Waals surface area (Å²) in [6.07, 6.45) is 0.844. The molecule has 3 nitrogen and oxygen atoms in total. The van der Waals surface area contributed by atoms with Crippen LogP contribution in [0.1, 0.15) is 25.8 Å². The minimum atomic E-state index is -0.537. The monoisotopic (exact) mass is 238 g/mol. The summed E-state index contributed by atoms with van der Waals surface area (Å²) < 4.78 is 13.0. The van der Waals surface area contributed by atoms with Crippen molar-refractivity contribution in [2.75, 3.05) is 5.32 Å². The van der Waals surface area contributed by atoms with Gasteiger partial charge in [0.05, 0.1) is 6.04 Å². The van der Waals surface area contributed by atoms with Crippen LogP contribution in [0.3, 0.4) is 0 Å². The zero-order valence-corrected chi connectivity index (χ0v) is 10.5. The largest absolute Gasteiger partial charge is 0.325 e. The highest BCUT2D eigenvalue weighted by Crippen LogP contribution is 2.15. The van der Waals surface area contributed by atoms with Gasteiger partial charge in [0.1, 0.15) is 5.82 Å². The first kappa shape index (κ1) is 13.6. The number of benzene rings is 1. The van der Waals surface area contributed by atoms with Crippen molar-refractivity contribution in [1.29, 1.82) is 0 Å². The molecule has 0 heterocycles. The zero-order valence-electron chi connectivity index (χ0n) is 10.5. The molecule has 0 saturated heterocycles. The van der Waals surface area contributed by atoms with E-state index in [2.05, 4.69) is 5.32 Å². The van der Waals surface area contributed by atoms with Crippen molar-refractivity contribution in [1.82, 2.24) is 0 Å². The molecule has 94 valence electrons. The van der Waals surface area contributed by atoms with Crippen LogP contribution in [-0.2, 0) is 4.79 Å². The summed E-state index contributed by atoms with van der Waals surface area (Å²) in [5, 5.41) is 2.69. The number of carbonyl (C=O) groups excluding carboxylic acids is 1. The van der Waals surface area contributed by atoms with Gasteiger partial charge in [-0.25, -0.2) is 4.39 Å². The van der Waals surface area contributed by atoms with Gasteiger partial charge in [-0.1, -0.05) is 20.3 Å². The smallest absolute Gasteiger partial charge is 0.241 e. The Morgan fingerprint density at radius 3 is 2.71 bits per heavy atom. The molecule has 0 aromatic heterocycles. The second kappa shape index (κ2) is 5.77. The van der Waals surface area contributed by atoms with E-state index < -0.39 is 6.04 Å². The fourth-order valence-corrected chi connectivity index (χ4v) is 1.46. The number of halogens is 1. The third-order valence-electron chi connectivity index (χ3n) is 2.99. The Morgan fingerprint density at radius 2 is 2.18 bits per heavy atom. The molecular weight excluding hydrogens is 219 g/mol. The van der Waals surface area contributed by atoms with Crippen molar-refractivity contribution in [3.8, 4) is 0 Å². The topological polar surface area (TPSA) is 55.1 Å². The quantitative estimate of drug-likeness (QED) is 0.846. The average Bonchev–Trinajstić information content (AvgIpc) is 2.31. The molecule has 1 amide bonds. The van der Waals surface area contributed by atoms with E-state index in [4.69, 9.17) is 5.73 Å². The number of rotatable bonds is 4. The molecule has 2 unspecified atom stereocenters. The van der Waals surface area contributed by atoms with Gasteiger partial charge in [-0.15, -0.1) is 0 Å². The van der Waals surface area contributed by atoms with Crippen LogP contribution >= 0.6 is 0 Å². The first-order valence-electron chi connectivity index (χ1n) is 5.78. The van der Waals surface area contributed by atoms with Crippen LogP contribution < -0.4 is 11.1 Å². The van der Waals surface area contributed by atoms with Crippen LogP contribution in [0.25, 0.3) is 0 Å². The molecule has 0 bridgehead atoms. The van der Waals surface area contributed by atoms with Crippen LogP contribution in [0.15, 0.2) is 18.2 Å². The van der Waals surface area contributed by atoms with Crippen molar-refractivity contribution in [2.24, 2.45) is 11.7 Å². The first-order valence-corrected chi connectivity index (χ1v) is 5.78. The molecule has 0 aliphatic rings. The second-order valence-corrected chi connectivity index (χ2v) is 4.36. The summed E-state index contributed by atoms with van der Waals surface area (Å²) in [5.74, 6) is -0.392. The molecule has 0 spiro atoms. The molecule has 0 aliphatic heterocycles. The molecule has 1 aromatic rings. The number of hydrogen-bond donors (Lipinski definition) is 2. The normalized spacial score (nSPS) is 14.2. The van der Waals surface area contributed by atoms with Gasteiger partial charge in [0, 0.05) is 5.69 Å². The number of anilines is 1. The van der Waals surface area contributed by atoms with Crippen molar-refractivity contribution in [2.45, 2.75) is 33.2 Å². The van der Waals surface area contributed by atoms with Crippen LogP contribution in [0.2, 0.25) is 0 Å². The van der Waals surface area contributed by atoms with Gasteiger partial charge < -0.3 is 11.1 Å². The summed E-state index contributed by atoms with van der Waals surface area (Å²) in [5.41, 5.74) is 6.88. The van der Waals surface area contributed by atoms with E-state index in [1.165, 1.54) is 12.1 Å². The highest BCUT2D eigenvalue weighted by atomic mass is 19.1. The first-order chi connectivity index (χ1) is 7.95. The lowest BCUT2D eigenvalue weighted by Crippen LogP contribution is -2.40. The molecule has 0 aliphatic carbocycles. The van der Waals surface area contributed by atoms with E-state index in [-0.39, 0.29) is 17.6 Å². The van der Waals surface area contributed by atoms with Gasteiger partial charge in [-0.05, 0) is 36.6 Å². The second-order valence-electron chi connectivity index (χ2n) is 4.36. The molecule has 0 saturated carbocycles. The summed E-state index contributed by atoms with van der Waals surface area (Å²) in [7, 11) is 0. The Balaban J connectivity index is 2.71. The van der Waals surface area contributed by atoms with E-state index in [0.717, 1.165) is 6.42 Å². The third-order valence-corrected chi connectivity index (χ3v) is 2.99. The number of carbonyl (C=O) groups is 1. The molecule has 1 rings (SSSR count). The Hall–Kier alpha value is -1.42. The minimum Gasteiger partial charge on any atom is -0.325 e. The van der Waals surface area contributed by atoms with Crippen LogP contribution in [0.5, 0.6) is 0 Å². The van der Waals surface area contributed by atoms with E-state index in [0.29, 0.717) is 11.3 Å². The molecule has 17 heavy (non-hydrogen) atoms. The standard InChI is InChI=1S/C13H19FN2O/c1-4-8(2)12(15)13(17)16-10-5-6-11(14)9(3)7-10/h5-8,12H,4,15H2,1-3H3,(H,16,17). The highest BCUT2D eigenvalue weighted by Gasteiger charge is 2.19. The summed E-state index contributed by atoms with van der Waals surface area (Å²) in [6, 6.07) is 3.92. The van der Waals surface area contributed by atoms with E-state index in [1.54, 1.807) is 13.0 Å². The van der Waals surface area contributed by atoms with Gasteiger partial charge in [-0.2, -0.15) is 0 Å². The van der Waals surface area contributed by atoms with Gasteiger partial charge in [-0.3, -0.25) is 4.79 Å². The Kier molecular flexibility index (Phi) is 4.63. The van der Waals surface area contributed by atoms with E-state index >= 15 is 0 Å². The Morgan fingerprint density at radius 1 is 1.53 bits per heavy atom. The fourth-order valence-electron chi connectivity index (χ4n) is 1.46. The minimum absolute atomic E-state index is 0.122. The van der Waals surface area contributed by atoms with Gasteiger partial charge >= 0.3 is 0 Å². The predicted molar refractivity (Wildman–Crippen MR) is 67.2 cm³/mol. The van der Waals surface area contributed by atoms with Gasteiger partial charge in [0.2, 0.25) is 5.91 Å². The average molecular weight is 238 g/mol. The van der Waals surface area contributed by atoms with Crippen molar-refractivity contribution in [3.63, 3.8) is 0 Å². The highest BCUT2D eigenvalue weighted by molar-refractivity contribution is 5.94. The number of amides is 1. The lowest BCUT2D eigenvalue weighted by atomic mass is 9.99. The molecule has 4 heteroatoms. The van der Waals surface area contributed by atoms with E-state index in [9.17, 15) is 9.18 Å². The van der Waals surface area contributed by atoms with Crippen LogP contribution in [-0.4, -0.2) is 11.9 Å². The molecule has 1 aromatic carbocycles. The van der Waals surface area contributed by atoms with Crippen LogP contribution in [0, 0.1) is 18.7 Å². The Bertz CT molecular complexity index is 406. The maximum absolute atomic E-state index is 13.0. The third kappa shape index (κ3) is 3.53. The molecule has 2 atom stereocenters. The number of nitrogens with one attached hydrogen (secondary N) is 1. The zero-order chi connectivity index (χ0) is 13.0. The lowest BCUT2D eigenvalue weighted by Gasteiger charge is -2.17. The molecule has 0 fully saturated rings. The molecule has 0 radical (unpaired) electrons. The SMILES string of the molecule is CCC(C)C(N)C(=O)Nc1ccc(F)c(C)c1. The summed E-state index contributed by atoms with van der Waals surface area (Å²) >= 11 is 0. The van der Waals surface area contributed by atoms with E-state index in [1.807, 2.05) is 13.8 Å². The number of hydrogen-bond acceptors (Lipinski definition) is 2. The fraction of sp³-hybridized carbons (Fsp3) is 0.462. The van der Waals surface area contributed by atoms with Crippen molar-refractivity contribution in [3.05, 3.63) is 29.6 Å². The maximum Gasteiger partial charge on any atom is 0.241 e. The summed E-state index contributed by atoms with van der Waals surface area (Å²) in [4.78, 5) is 11.8. The maximum atomic E-state index is 13.0. The Labute approximate surface area is 101 Å². The van der Waals surface area contributed by atoms with Crippen LogP contribution in [0.4, 0.5) is 10.1 Å². The number of aryl methyl sites for hydroxylation is 1. The summed E-state index contributed by atoms with van der Waals surface area (Å²) in [6.45, 7) is 5.57. The van der Waals surface area contributed by atoms with Crippen molar-refractivity contribution < 1.29 is 9.18 Å².